The van der Waals surface area contributed by atoms with Gasteiger partial charge in [0.15, 0.2) is 54.3 Å². The first-order valence-corrected chi connectivity index (χ1v) is 25.8. The van der Waals surface area contributed by atoms with Crippen molar-refractivity contribution in [1.82, 2.24) is 69.4 Å². The van der Waals surface area contributed by atoms with Gasteiger partial charge in [-0.05, 0) is 38.5 Å². The third-order valence-corrected chi connectivity index (χ3v) is 16.5. The summed E-state index contributed by atoms with van der Waals surface area (Å²) < 4.78 is 90.2. The van der Waals surface area contributed by atoms with E-state index in [1.54, 1.807) is 23.0 Å². The molecule has 0 amide bonds. The van der Waals surface area contributed by atoms with Crippen molar-refractivity contribution in [2.24, 2.45) is 11.8 Å². The number of rotatable bonds is 20. The first-order chi connectivity index (χ1) is 33.4. The molecule has 0 spiro atoms. The molecule has 376 valence electrons. The first kappa shape index (κ1) is 52.0. The zero-order valence-electron chi connectivity index (χ0n) is 39.8. The molecule has 24 nitrogen and oxygen atoms in total. The van der Waals surface area contributed by atoms with Crippen LogP contribution < -0.4 is 18.9 Å². The second kappa shape index (κ2) is 21.7. The van der Waals surface area contributed by atoms with Gasteiger partial charge in [-0.2, -0.15) is 19.9 Å². The summed E-state index contributed by atoms with van der Waals surface area (Å²) in [6.45, 7) is 7.26. The maximum atomic E-state index is 13.6. The van der Waals surface area contributed by atoms with Crippen LogP contribution in [0.3, 0.4) is 0 Å². The molecule has 6 heterocycles. The van der Waals surface area contributed by atoms with Gasteiger partial charge in [0, 0.05) is 50.8 Å². The number of sulfone groups is 2. The van der Waals surface area contributed by atoms with E-state index in [0.717, 1.165) is 12.8 Å². The standard InChI is InChI=1S/2C21H26ClN7O5S/c2*1-11-6-14(11)19-28-27-15(29(19)16-20(33-4)25-10-26-21(16)34-5)9-35(30,31)12(2)17(32-3)18-23-7-13(22)8-24-18/h2*7-8,10-12,14,17H,6,9H2,1-5H3/t11-,12+,14-,17+;11-,12-,14-,17-/m10/s1. The average Bonchev–Trinajstić information content (AvgIpc) is 4.17. The van der Waals surface area contributed by atoms with Crippen molar-refractivity contribution in [1.29, 1.82) is 0 Å². The third-order valence-electron chi connectivity index (χ3n) is 12.1. The van der Waals surface area contributed by atoms with Crippen LogP contribution >= 0.6 is 23.2 Å². The highest BCUT2D eigenvalue weighted by molar-refractivity contribution is 7.91. The molecule has 2 saturated carbocycles. The van der Waals surface area contributed by atoms with E-state index < -0.39 is 53.9 Å². The lowest BCUT2D eigenvalue weighted by molar-refractivity contribution is 0.0947. The fraction of sp³-hybridized carbons (Fsp3) is 0.524. The minimum atomic E-state index is -3.84. The Morgan fingerprint density at radius 1 is 0.543 bits per heavy atom. The van der Waals surface area contributed by atoms with Gasteiger partial charge < -0.3 is 28.4 Å². The second-order valence-corrected chi connectivity index (χ2v) is 22.2. The maximum Gasteiger partial charge on any atom is 0.245 e. The van der Waals surface area contributed by atoms with E-state index in [9.17, 15) is 16.8 Å². The first-order valence-electron chi connectivity index (χ1n) is 21.6. The second-order valence-electron chi connectivity index (χ2n) is 16.6. The Bertz CT molecular complexity index is 2760. The van der Waals surface area contributed by atoms with Gasteiger partial charge in [0.05, 0.1) is 49.0 Å². The maximum absolute atomic E-state index is 13.6. The summed E-state index contributed by atoms with van der Waals surface area (Å²) in [5.74, 6) is 2.95. The number of halogens is 2. The van der Waals surface area contributed by atoms with E-state index in [2.05, 4.69) is 74.1 Å². The molecule has 2 aliphatic rings. The van der Waals surface area contributed by atoms with E-state index in [0.29, 0.717) is 44.9 Å². The van der Waals surface area contributed by atoms with Gasteiger partial charge in [-0.25, -0.2) is 36.8 Å². The summed E-state index contributed by atoms with van der Waals surface area (Å²) in [6.07, 6.45) is 8.15. The summed E-state index contributed by atoms with van der Waals surface area (Å²) in [5.41, 5.74) is 0.692. The van der Waals surface area contributed by atoms with Crippen LogP contribution in [0.1, 0.15) is 99.5 Å². The van der Waals surface area contributed by atoms with Crippen LogP contribution in [-0.4, -0.2) is 139 Å². The Morgan fingerprint density at radius 3 is 1.10 bits per heavy atom. The number of ether oxygens (including phenoxy) is 6. The van der Waals surface area contributed by atoms with Gasteiger partial charge in [0.2, 0.25) is 23.5 Å². The number of hydrogen-bond donors (Lipinski definition) is 0. The van der Waals surface area contributed by atoms with Gasteiger partial charge in [0.1, 0.15) is 48.0 Å². The normalized spacial score (nSPS) is 19.3. The zero-order chi connectivity index (χ0) is 50.7. The topological polar surface area (TPSA) is 288 Å². The Morgan fingerprint density at radius 2 is 0.843 bits per heavy atom. The molecule has 0 N–H and O–H groups in total. The Balaban J connectivity index is 0.000000206. The van der Waals surface area contributed by atoms with Crippen LogP contribution in [0, 0.1) is 11.8 Å². The van der Waals surface area contributed by atoms with Crippen LogP contribution in [0.4, 0.5) is 0 Å². The lowest BCUT2D eigenvalue weighted by Crippen LogP contribution is -2.30. The fourth-order valence-electron chi connectivity index (χ4n) is 7.81. The summed E-state index contributed by atoms with van der Waals surface area (Å²) >= 11 is 11.7. The van der Waals surface area contributed by atoms with Crippen molar-refractivity contribution < 1.29 is 45.3 Å². The van der Waals surface area contributed by atoms with Crippen LogP contribution in [0.25, 0.3) is 11.4 Å². The fourth-order valence-corrected chi connectivity index (χ4v) is 10.8. The van der Waals surface area contributed by atoms with Crippen molar-refractivity contribution >= 4 is 42.9 Å². The van der Waals surface area contributed by atoms with Crippen molar-refractivity contribution in [2.45, 2.75) is 86.6 Å². The molecule has 28 heteroatoms. The predicted molar refractivity (Wildman–Crippen MR) is 251 cm³/mol. The molecule has 6 aromatic heterocycles. The lowest BCUT2D eigenvalue weighted by Gasteiger charge is -2.22. The van der Waals surface area contributed by atoms with Crippen molar-refractivity contribution in [2.75, 3.05) is 42.7 Å². The number of aromatic nitrogens is 14. The number of hydrogen-bond acceptors (Lipinski definition) is 22. The summed E-state index contributed by atoms with van der Waals surface area (Å²) in [6, 6.07) is 0. The average molecular weight is 1050 g/mol. The molecular formula is C42H52Cl2N14O10S2. The van der Waals surface area contributed by atoms with Gasteiger partial charge in [-0.15, -0.1) is 20.4 Å². The van der Waals surface area contributed by atoms with Crippen molar-refractivity contribution in [3.63, 3.8) is 0 Å². The Hall–Kier alpha value is -5.80. The molecule has 8 atom stereocenters. The molecular weight excluding hydrogens is 996 g/mol. The van der Waals surface area contributed by atoms with E-state index in [1.165, 1.54) is 80.1 Å². The van der Waals surface area contributed by atoms with Gasteiger partial charge in [-0.3, -0.25) is 9.13 Å². The van der Waals surface area contributed by atoms with Crippen LogP contribution in [-0.2, 0) is 40.7 Å². The van der Waals surface area contributed by atoms with Crippen LogP contribution in [0.2, 0.25) is 10.0 Å². The molecule has 0 aromatic carbocycles. The SMILES string of the molecule is COc1ncnc(OC)c1-n1c(CS(=O)(=O)[C@@H](C)[C@H](OC)c2ncc(Cl)cn2)nnc1[C@@H]1C[C@H]1C.COc1ncnc(OC)c1-n1c(CS(=O)(=O)[C@@H](C)[C@H](OC)c2ncc(Cl)cn2)nnc1[C@H]1C[C@@H]1C. The van der Waals surface area contributed by atoms with Gasteiger partial charge in [-0.1, -0.05) is 37.0 Å². The summed E-state index contributed by atoms with van der Waals surface area (Å²) in [7, 11) is 0.968. The van der Waals surface area contributed by atoms with E-state index in [4.69, 9.17) is 51.6 Å². The largest absolute Gasteiger partial charge is 0.479 e. The number of nitrogens with zero attached hydrogens (tertiary/aromatic N) is 14. The summed E-state index contributed by atoms with van der Waals surface area (Å²) in [5, 5.41) is 15.9. The molecule has 2 fully saturated rings. The van der Waals surface area contributed by atoms with E-state index >= 15 is 0 Å². The van der Waals surface area contributed by atoms with Crippen molar-refractivity contribution in [3.05, 3.63) is 82.4 Å². The third kappa shape index (κ3) is 10.9. The minimum Gasteiger partial charge on any atom is -0.479 e. The molecule has 6 aromatic rings. The molecule has 70 heavy (non-hydrogen) atoms. The number of methoxy groups -OCH3 is 6. The monoisotopic (exact) mass is 1050 g/mol. The Kier molecular flexibility index (Phi) is 16.1. The highest BCUT2D eigenvalue weighted by Gasteiger charge is 2.43. The molecule has 0 unspecified atom stereocenters. The Labute approximate surface area is 414 Å². The molecule has 0 aliphatic heterocycles. The molecule has 8 rings (SSSR count). The van der Waals surface area contributed by atoms with Gasteiger partial charge in [0.25, 0.3) is 0 Å². The molecule has 0 radical (unpaired) electrons. The zero-order valence-corrected chi connectivity index (χ0v) is 43.0. The highest BCUT2D eigenvalue weighted by atomic mass is 35.5. The molecule has 0 saturated heterocycles. The smallest absolute Gasteiger partial charge is 0.245 e. The predicted octanol–water partition coefficient (Wildman–Crippen LogP) is 4.66. The lowest BCUT2D eigenvalue weighted by atomic mass is 10.2. The quantitative estimate of drug-likeness (QED) is 0.100. The van der Waals surface area contributed by atoms with Crippen LogP contribution in [0.15, 0.2) is 37.4 Å². The van der Waals surface area contributed by atoms with Gasteiger partial charge >= 0.3 is 0 Å². The molecule has 2 aliphatic carbocycles. The van der Waals surface area contributed by atoms with E-state index in [-0.39, 0.29) is 58.7 Å². The summed E-state index contributed by atoms with van der Waals surface area (Å²) in [4.78, 5) is 33.2. The molecule has 0 bridgehead atoms. The van der Waals surface area contributed by atoms with Crippen LogP contribution in [0.5, 0.6) is 23.5 Å². The minimum absolute atomic E-state index is 0.111. The van der Waals surface area contributed by atoms with E-state index in [1.807, 2.05) is 0 Å². The highest BCUT2D eigenvalue weighted by Crippen LogP contribution is 2.49. The van der Waals surface area contributed by atoms with Crippen molar-refractivity contribution in [3.8, 4) is 34.9 Å².